The molecule has 0 aliphatic heterocycles. The third-order valence-corrected chi connectivity index (χ3v) is 5.59. The summed E-state index contributed by atoms with van der Waals surface area (Å²) in [4.78, 5) is 14.0. The van der Waals surface area contributed by atoms with Crippen LogP contribution < -0.4 is 4.72 Å². The van der Waals surface area contributed by atoms with Gasteiger partial charge in [-0.15, -0.1) is 0 Å². The van der Waals surface area contributed by atoms with Crippen molar-refractivity contribution >= 4 is 27.5 Å². The van der Waals surface area contributed by atoms with E-state index in [0.717, 1.165) is 0 Å². The molecule has 0 spiro atoms. The van der Waals surface area contributed by atoms with Gasteiger partial charge in [-0.3, -0.25) is 4.79 Å². The van der Waals surface area contributed by atoms with Crippen molar-refractivity contribution in [2.24, 2.45) is 0 Å². The van der Waals surface area contributed by atoms with Gasteiger partial charge in [0.2, 0.25) is 10.0 Å². The second-order valence-corrected chi connectivity index (χ2v) is 7.84. The molecule has 2 aromatic carbocycles. The summed E-state index contributed by atoms with van der Waals surface area (Å²) in [7, 11) is -0.872. The highest BCUT2D eigenvalue weighted by Crippen LogP contribution is 2.22. The first-order chi connectivity index (χ1) is 11.7. The predicted octanol–water partition coefficient (Wildman–Crippen LogP) is 2.97. The zero-order valence-electron chi connectivity index (χ0n) is 14.0. The summed E-state index contributed by atoms with van der Waals surface area (Å²) < 4.78 is 40.0. The summed E-state index contributed by atoms with van der Waals surface area (Å²) in [5, 5.41) is 0.225. The summed E-state index contributed by atoms with van der Waals surface area (Å²) in [5.74, 6) is -0.930. The Morgan fingerprint density at radius 2 is 1.96 bits per heavy atom. The first-order valence-corrected chi connectivity index (χ1v) is 9.26. The van der Waals surface area contributed by atoms with Crippen LogP contribution in [0, 0.1) is 12.7 Å². The first kappa shape index (κ1) is 19.4. The van der Waals surface area contributed by atoms with E-state index in [9.17, 15) is 17.6 Å². The Balaban J connectivity index is 2.35. The summed E-state index contributed by atoms with van der Waals surface area (Å²) >= 11 is 5.99. The lowest BCUT2D eigenvalue weighted by atomic mass is 10.1. The van der Waals surface area contributed by atoms with Crippen molar-refractivity contribution in [2.45, 2.75) is 18.4 Å². The van der Waals surface area contributed by atoms with Crippen molar-refractivity contribution < 1.29 is 17.6 Å². The number of halogens is 2. The lowest BCUT2D eigenvalue weighted by Crippen LogP contribution is -2.28. The van der Waals surface area contributed by atoms with Crippen LogP contribution in [0.25, 0.3) is 0 Å². The minimum atomic E-state index is -3.67. The molecule has 5 nitrogen and oxygen atoms in total. The number of sulfonamides is 1. The number of amides is 1. The van der Waals surface area contributed by atoms with E-state index in [1.165, 1.54) is 43.3 Å². The standard InChI is InChI=1S/C17H18ClFN2O3S/c1-11-7-8-12(25(23,24)20-2)9-13(11)17(22)21(3)10-14-15(18)5-4-6-16(14)19/h4-9,20H,10H2,1-3H3. The Hall–Kier alpha value is -1.96. The van der Waals surface area contributed by atoms with Crippen LogP contribution in [0.4, 0.5) is 4.39 Å². The lowest BCUT2D eigenvalue weighted by Gasteiger charge is -2.20. The minimum Gasteiger partial charge on any atom is -0.337 e. The molecule has 8 heteroatoms. The number of hydrogen-bond acceptors (Lipinski definition) is 3. The molecule has 134 valence electrons. The van der Waals surface area contributed by atoms with E-state index < -0.39 is 21.7 Å². The Morgan fingerprint density at radius 1 is 1.28 bits per heavy atom. The van der Waals surface area contributed by atoms with Gasteiger partial charge >= 0.3 is 0 Å². The molecule has 1 amide bonds. The van der Waals surface area contributed by atoms with Crippen LogP contribution in [0.15, 0.2) is 41.3 Å². The van der Waals surface area contributed by atoms with Gasteiger partial charge in [-0.1, -0.05) is 23.7 Å². The molecule has 0 radical (unpaired) electrons. The molecule has 0 atom stereocenters. The van der Waals surface area contributed by atoms with Crippen LogP contribution in [-0.4, -0.2) is 33.3 Å². The number of rotatable bonds is 5. The van der Waals surface area contributed by atoms with Gasteiger partial charge in [0.25, 0.3) is 5.91 Å². The summed E-state index contributed by atoms with van der Waals surface area (Å²) in [6.45, 7) is 1.67. The Bertz CT molecular complexity index is 896. The summed E-state index contributed by atoms with van der Waals surface area (Å²) in [5.41, 5.74) is 1.05. The highest BCUT2D eigenvalue weighted by Gasteiger charge is 2.20. The van der Waals surface area contributed by atoms with Gasteiger partial charge in [-0.25, -0.2) is 17.5 Å². The minimum absolute atomic E-state index is 0.0127. The summed E-state index contributed by atoms with van der Waals surface area (Å²) in [6, 6.07) is 8.59. The van der Waals surface area contributed by atoms with Crippen molar-refractivity contribution in [3.05, 3.63) is 63.9 Å². The first-order valence-electron chi connectivity index (χ1n) is 7.40. The number of carbonyl (C=O) groups is 1. The zero-order valence-corrected chi connectivity index (χ0v) is 15.6. The monoisotopic (exact) mass is 384 g/mol. The van der Waals surface area contributed by atoms with Crippen molar-refractivity contribution in [3.8, 4) is 0 Å². The van der Waals surface area contributed by atoms with E-state index >= 15 is 0 Å². The average molecular weight is 385 g/mol. The number of carbonyl (C=O) groups excluding carboxylic acids is 1. The van der Waals surface area contributed by atoms with Gasteiger partial charge in [0.15, 0.2) is 0 Å². The molecule has 25 heavy (non-hydrogen) atoms. The molecular formula is C17H18ClFN2O3S. The largest absolute Gasteiger partial charge is 0.337 e. The number of nitrogens with zero attached hydrogens (tertiary/aromatic N) is 1. The molecule has 0 unspecified atom stereocenters. The van der Waals surface area contributed by atoms with Crippen LogP contribution in [0.3, 0.4) is 0 Å². The van der Waals surface area contributed by atoms with E-state index in [-0.39, 0.29) is 27.6 Å². The second kappa shape index (κ2) is 7.51. The van der Waals surface area contributed by atoms with Crippen LogP contribution in [0.5, 0.6) is 0 Å². The smallest absolute Gasteiger partial charge is 0.254 e. The molecule has 0 saturated carbocycles. The third kappa shape index (κ3) is 4.18. The molecule has 0 bridgehead atoms. The fourth-order valence-electron chi connectivity index (χ4n) is 2.31. The zero-order chi connectivity index (χ0) is 18.8. The van der Waals surface area contributed by atoms with Gasteiger partial charge in [0, 0.05) is 29.7 Å². The van der Waals surface area contributed by atoms with Crippen LogP contribution in [-0.2, 0) is 16.6 Å². The lowest BCUT2D eigenvalue weighted by molar-refractivity contribution is 0.0783. The van der Waals surface area contributed by atoms with Gasteiger partial charge in [-0.2, -0.15) is 0 Å². The quantitative estimate of drug-likeness (QED) is 0.861. The van der Waals surface area contributed by atoms with Crippen LogP contribution in [0.1, 0.15) is 21.5 Å². The van der Waals surface area contributed by atoms with E-state index in [2.05, 4.69) is 4.72 Å². The van der Waals surface area contributed by atoms with E-state index in [1.807, 2.05) is 0 Å². The van der Waals surface area contributed by atoms with Gasteiger partial charge in [0.1, 0.15) is 5.82 Å². The average Bonchev–Trinajstić information content (AvgIpc) is 2.57. The maximum atomic E-state index is 13.9. The second-order valence-electron chi connectivity index (χ2n) is 5.55. The Kier molecular flexibility index (Phi) is 5.82. The maximum absolute atomic E-state index is 13.9. The highest BCUT2D eigenvalue weighted by molar-refractivity contribution is 7.89. The molecule has 2 rings (SSSR count). The third-order valence-electron chi connectivity index (χ3n) is 3.82. The van der Waals surface area contributed by atoms with Crippen molar-refractivity contribution in [1.82, 2.24) is 9.62 Å². The molecular weight excluding hydrogens is 367 g/mol. The summed E-state index contributed by atoms with van der Waals surface area (Å²) in [6.07, 6.45) is 0. The van der Waals surface area contributed by atoms with Gasteiger partial charge < -0.3 is 4.90 Å². The number of benzene rings is 2. The Labute approximate surface area is 151 Å². The van der Waals surface area contributed by atoms with Crippen molar-refractivity contribution in [3.63, 3.8) is 0 Å². The van der Waals surface area contributed by atoms with Crippen LogP contribution >= 0.6 is 11.6 Å². The van der Waals surface area contributed by atoms with E-state index in [0.29, 0.717) is 5.56 Å². The fraction of sp³-hybridized carbons (Fsp3) is 0.235. The molecule has 1 N–H and O–H groups in total. The molecule has 0 heterocycles. The molecule has 0 saturated heterocycles. The normalized spacial score (nSPS) is 11.4. The number of hydrogen-bond donors (Lipinski definition) is 1. The SMILES string of the molecule is CNS(=O)(=O)c1ccc(C)c(C(=O)N(C)Cc2c(F)cccc2Cl)c1. The molecule has 0 aliphatic carbocycles. The molecule has 0 fully saturated rings. The van der Waals surface area contributed by atoms with Crippen LogP contribution in [0.2, 0.25) is 5.02 Å². The molecule has 2 aromatic rings. The molecule has 0 aromatic heterocycles. The maximum Gasteiger partial charge on any atom is 0.254 e. The topological polar surface area (TPSA) is 66.5 Å². The van der Waals surface area contributed by atoms with Gasteiger partial charge in [0.05, 0.1) is 4.90 Å². The number of aryl methyl sites for hydroxylation is 1. The van der Waals surface area contributed by atoms with Crippen molar-refractivity contribution in [2.75, 3.05) is 14.1 Å². The van der Waals surface area contributed by atoms with Gasteiger partial charge in [-0.05, 0) is 43.8 Å². The molecule has 0 aliphatic rings. The Morgan fingerprint density at radius 3 is 2.56 bits per heavy atom. The van der Waals surface area contributed by atoms with E-state index in [1.54, 1.807) is 19.1 Å². The predicted molar refractivity (Wildman–Crippen MR) is 94.6 cm³/mol. The highest BCUT2D eigenvalue weighted by atomic mass is 35.5. The van der Waals surface area contributed by atoms with E-state index in [4.69, 9.17) is 11.6 Å². The number of nitrogens with one attached hydrogen (secondary N) is 1. The van der Waals surface area contributed by atoms with Crippen molar-refractivity contribution in [1.29, 1.82) is 0 Å². The fourth-order valence-corrected chi connectivity index (χ4v) is 3.29.